The zero-order chi connectivity index (χ0) is 24.2. The van der Waals surface area contributed by atoms with E-state index in [2.05, 4.69) is 17.4 Å². The Morgan fingerprint density at radius 1 is 0.800 bits per heavy atom. The maximum absolute atomic E-state index is 6.02. The molecule has 1 N–H and O–H groups in total. The Morgan fingerprint density at radius 2 is 1.57 bits per heavy atom. The number of hydrogen-bond donors (Lipinski definition) is 1. The normalized spacial score (nSPS) is 10.9. The number of nitrogens with one attached hydrogen (secondary N) is 1. The summed E-state index contributed by atoms with van der Waals surface area (Å²) in [4.78, 5) is 4.89. The molecule has 3 aromatic carbocycles. The van der Waals surface area contributed by atoms with Crippen LogP contribution in [0.2, 0.25) is 5.02 Å². The van der Waals surface area contributed by atoms with Gasteiger partial charge in [-0.15, -0.1) is 0 Å². The first kappa shape index (κ1) is 22.7. The molecule has 0 saturated heterocycles. The molecule has 7 heteroatoms. The monoisotopic (exact) mass is 484 g/mol. The Bertz CT molecular complexity index is 1450. The van der Waals surface area contributed by atoms with Gasteiger partial charge in [0.2, 0.25) is 0 Å². The number of benzene rings is 3. The Kier molecular flexibility index (Phi) is 6.55. The molecule has 35 heavy (non-hydrogen) atoms. The standard InChI is InChI=1S/C28H25ClN4O2/c1-34-25-13-10-21(16-26(25)35-2)24-18-28-31-23(20-6-4-3-5-7-20)17-27(33(28)32-24)30-15-14-19-8-11-22(29)12-9-19/h3-13,16-18,30H,14-15H2,1-2H3. The minimum Gasteiger partial charge on any atom is -0.493 e. The molecule has 5 rings (SSSR count). The molecule has 0 aliphatic rings. The molecule has 176 valence electrons. The highest BCUT2D eigenvalue weighted by molar-refractivity contribution is 6.30. The highest BCUT2D eigenvalue weighted by atomic mass is 35.5. The first-order chi connectivity index (χ1) is 17.1. The van der Waals surface area contributed by atoms with Gasteiger partial charge in [0, 0.05) is 34.8 Å². The number of aromatic nitrogens is 3. The van der Waals surface area contributed by atoms with Crippen molar-refractivity contribution in [1.29, 1.82) is 0 Å². The van der Waals surface area contributed by atoms with E-state index >= 15 is 0 Å². The summed E-state index contributed by atoms with van der Waals surface area (Å²) in [6.07, 6.45) is 0.853. The Labute approximate surface area is 209 Å². The van der Waals surface area contributed by atoms with Crippen molar-refractivity contribution in [3.8, 4) is 34.0 Å². The van der Waals surface area contributed by atoms with E-state index < -0.39 is 0 Å². The van der Waals surface area contributed by atoms with Crippen molar-refractivity contribution in [2.24, 2.45) is 0 Å². The van der Waals surface area contributed by atoms with Crippen molar-refractivity contribution in [2.45, 2.75) is 6.42 Å². The number of methoxy groups -OCH3 is 2. The lowest BCUT2D eigenvalue weighted by atomic mass is 10.1. The summed E-state index contributed by atoms with van der Waals surface area (Å²) in [6, 6.07) is 27.9. The van der Waals surface area contributed by atoms with Crippen molar-refractivity contribution in [2.75, 3.05) is 26.1 Å². The Balaban J connectivity index is 1.52. The van der Waals surface area contributed by atoms with Crippen LogP contribution in [-0.4, -0.2) is 35.4 Å². The van der Waals surface area contributed by atoms with Crippen molar-refractivity contribution in [3.63, 3.8) is 0 Å². The number of ether oxygens (including phenoxy) is 2. The summed E-state index contributed by atoms with van der Waals surface area (Å²) in [7, 11) is 3.25. The third-order valence-corrected chi connectivity index (χ3v) is 6.06. The fraction of sp³-hybridized carbons (Fsp3) is 0.143. The molecule has 2 aromatic heterocycles. The molecule has 0 amide bonds. The lowest BCUT2D eigenvalue weighted by Gasteiger charge is -2.11. The van der Waals surface area contributed by atoms with Gasteiger partial charge in [0.15, 0.2) is 17.1 Å². The van der Waals surface area contributed by atoms with Crippen LogP contribution in [0.3, 0.4) is 0 Å². The number of rotatable bonds is 8. The van der Waals surface area contributed by atoms with E-state index in [0.29, 0.717) is 11.5 Å². The highest BCUT2D eigenvalue weighted by Gasteiger charge is 2.14. The molecule has 0 bridgehead atoms. The van der Waals surface area contributed by atoms with Gasteiger partial charge in [-0.1, -0.05) is 54.1 Å². The van der Waals surface area contributed by atoms with Gasteiger partial charge in [0.05, 0.1) is 25.6 Å². The lowest BCUT2D eigenvalue weighted by Crippen LogP contribution is -2.10. The van der Waals surface area contributed by atoms with E-state index in [1.807, 2.05) is 77.3 Å². The largest absolute Gasteiger partial charge is 0.493 e. The van der Waals surface area contributed by atoms with Crippen LogP contribution in [0.15, 0.2) is 84.9 Å². The summed E-state index contributed by atoms with van der Waals surface area (Å²) in [5.74, 6) is 2.20. The fourth-order valence-electron chi connectivity index (χ4n) is 3.98. The highest BCUT2D eigenvalue weighted by Crippen LogP contribution is 2.33. The molecule has 0 saturated carbocycles. The van der Waals surface area contributed by atoms with Crippen molar-refractivity contribution in [3.05, 3.63) is 95.5 Å². The molecule has 0 fully saturated rings. The minimum absolute atomic E-state index is 0.654. The summed E-state index contributed by atoms with van der Waals surface area (Å²) in [5.41, 5.74) is 5.61. The van der Waals surface area contributed by atoms with Gasteiger partial charge in [-0.25, -0.2) is 4.98 Å². The number of nitrogens with zero attached hydrogens (tertiary/aromatic N) is 3. The molecule has 5 aromatic rings. The first-order valence-electron chi connectivity index (χ1n) is 11.3. The summed E-state index contributed by atoms with van der Waals surface area (Å²) < 4.78 is 12.7. The van der Waals surface area contributed by atoms with Crippen molar-refractivity contribution in [1.82, 2.24) is 14.6 Å². The second-order valence-corrected chi connectivity index (χ2v) is 8.50. The van der Waals surface area contributed by atoms with Gasteiger partial charge >= 0.3 is 0 Å². The van der Waals surface area contributed by atoms with Gasteiger partial charge in [-0.05, 0) is 42.3 Å². The van der Waals surface area contributed by atoms with Crippen LogP contribution in [-0.2, 0) is 6.42 Å². The molecule has 0 unspecified atom stereocenters. The molecule has 0 atom stereocenters. The maximum Gasteiger partial charge on any atom is 0.161 e. The second-order valence-electron chi connectivity index (χ2n) is 8.07. The zero-order valence-electron chi connectivity index (χ0n) is 19.5. The molecule has 2 heterocycles. The average Bonchev–Trinajstić information content (AvgIpc) is 3.34. The van der Waals surface area contributed by atoms with Crippen molar-refractivity contribution >= 4 is 23.1 Å². The maximum atomic E-state index is 6.02. The van der Waals surface area contributed by atoms with Crippen LogP contribution in [0.4, 0.5) is 5.82 Å². The van der Waals surface area contributed by atoms with E-state index in [-0.39, 0.29) is 0 Å². The minimum atomic E-state index is 0.654. The van der Waals surface area contributed by atoms with Gasteiger partial charge in [0.1, 0.15) is 5.82 Å². The van der Waals surface area contributed by atoms with Gasteiger partial charge in [-0.3, -0.25) is 0 Å². The van der Waals surface area contributed by atoms with E-state index in [1.54, 1.807) is 14.2 Å². The van der Waals surface area contributed by atoms with Gasteiger partial charge in [0.25, 0.3) is 0 Å². The average molecular weight is 485 g/mol. The van der Waals surface area contributed by atoms with E-state index in [0.717, 1.165) is 52.0 Å². The van der Waals surface area contributed by atoms with Crippen molar-refractivity contribution < 1.29 is 9.47 Å². The van der Waals surface area contributed by atoms with Crippen LogP contribution in [0, 0.1) is 0 Å². The SMILES string of the molecule is COc1ccc(-c2cc3nc(-c4ccccc4)cc(NCCc4ccc(Cl)cc4)n3n2)cc1OC. The quantitative estimate of drug-likeness (QED) is 0.276. The zero-order valence-corrected chi connectivity index (χ0v) is 20.3. The van der Waals surface area contributed by atoms with E-state index in [1.165, 1.54) is 5.56 Å². The van der Waals surface area contributed by atoms with Crippen LogP contribution in [0.1, 0.15) is 5.56 Å². The first-order valence-corrected chi connectivity index (χ1v) is 11.7. The van der Waals surface area contributed by atoms with E-state index in [9.17, 15) is 0 Å². The molecule has 0 aliphatic heterocycles. The number of halogens is 1. The number of fused-ring (bicyclic) bond motifs is 1. The molecule has 0 aliphatic carbocycles. The molecular formula is C28H25ClN4O2. The summed E-state index contributed by atoms with van der Waals surface area (Å²) in [6.45, 7) is 0.737. The predicted octanol–water partition coefficient (Wildman–Crippen LogP) is 6.39. The fourth-order valence-corrected chi connectivity index (χ4v) is 4.11. The topological polar surface area (TPSA) is 60.7 Å². The lowest BCUT2D eigenvalue weighted by molar-refractivity contribution is 0.355. The number of anilines is 1. The third-order valence-electron chi connectivity index (χ3n) is 5.81. The van der Waals surface area contributed by atoms with Crippen LogP contribution >= 0.6 is 11.6 Å². The van der Waals surface area contributed by atoms with Gasteiger partial charge < -0.3 is 14.8 Å². The Hall–Kier alpha value is -4.03. The molecule has 6 nitrogen and oxygen atoms in total. The second kappa shape index (κ2) is 10.1. The van der Waals surface area contributed by atoms with Crippen LogP contribution in [0.25, 0.3) is 28.2 Å². The van der Waals surface area contributed by atoms with Gasteiger partial charge in [-0.2, -0.15) is 9.61 Å². The Morgan fingerprint density at radius 3 is 2.31 bits per heavy atom. The smallest absolute Gasteiger partial charge is 0.161 e. The molecule has 0 radical (unpaired) electrons. The summed E-state index contributed by atoms with van der Waals surface area (Å²) in [5, 5.41) is 9.15. The predicted molar refractivity (Wildman–Crippen MR) is 141 cm³/mol. The van der Waals surface area contributed by atoms with E-state index in [4.69, 9.17) is 31.2 Å². The van der Waals surface area contributed by atoms with Crippen LogP contribution in [0.5, 0.6) is 11.5 Å². The van der Waals surface area contributed by atoms with Crippen LogP contribution < -0.4 is 14.8 Å². The summed E-state index contributed by atoms with van der Waals surface area (Å²) >= 11 is 6.02. The molecule has 0 spiro atoms. The molecular weight excluding hydrogens is 460 g/mol. The number of hydrogen-bond acceptors (Lipinski definition) is 5. The third kappa shape index (κ3) is 4.93.